The summed E-state index contributed by atoms with van der Waals surface area (Å²) < 4.78 is 0. The fourth-order valence-electron chi connectivity index (χ4n) is 1.70. The molecule has 6 nitrogen and oxygen atoms in total. The Morgan fingerprint density at radius 3 is 2.89 bits per heavy atom. The van der Waals surface area contributed by atoms with Crippen LogP contribution in [-0.2, 0) is 16.1 Å². The second-order valence-electron chi connectivity index (χ2n) is 4.48. The number of H-pyrrole nitrogens is 1. The first-order chi connectivity index (χ1) is 8.97. The summed E-state index contributed by atoms with van der Waals surface area (Å²) in [6, 6.07) is 5.82. The molecule has 1 amide bonds. The molecule has 19 heavy (non-hydrogen) atoms. The van der Waals surface area contributed by atoms with Gasteiger partial charge in [-0.2, -0.15) is 0 Å². The molecule has 0 radical (unpaired) electrons. The quantitative estimate of drug-likeness (QED) is 0.721. The fourth-order valence-corrected chi connectivity index (χ4v) is 1.70. The van der Waals surface area contributed by atoms with Crippen molar-refractivity contribution in [2.24, 2.45) is 5.92 Å². The van der Waals surface area contributed by atoms with E-state index in [2.05, 4.69) is 15.3 Å². The van der Waals surface area contributed by atoms with Crippen molar-refractivity contribution in [3.05, 3.63) is 29.6 Å². The normalized spacial score (nSPS) is 12.3. The molecule has 1 aromatic heterocycles. The number of hydrogen-bond donors (Lipinski definition) is 3. The second-order valence-corrected chi connectivity index (χ2v) is 4.48. The number of carbonyl (C=O) groups is 2. The zero-order valence-electron chi connectivity index (χ0n) is 10.7. The Labute approximate surface area is 109 Å². The number of benzene rings is 1. The minimum atomic E-state index is -1.14. The molecule has 2 aromatic rings. The number of hydrogen-bond acceptors (Lipinski definition) is 3. The van der Waals surface area contributed by atoms with Crippen LogP contribution >= 0.6 is 0 Å². The molecule has 1 aromatic carbocycles. The highest BCUT2D eigenvalue weighted by Gasteiger charge is 2.20. The summed E-state index contributed by atoms with van der Waals surface area (Å²) in [4.78, 5) is 29.5. The summed E-state index contributed by atoms with van der Waals surface area (Å²) in [6.07, 6.45) is 0. The van der Waals surface area contributed by atoms with Gasteiger partial charge in [0.05, 0.1) is 17.6 Å². The smallest absolute Gasteiger partial charge is 0.315 e. The molecular weight excluding hydrogens is 246 g/mol. The van der Waals surface area contributed by atoms with Crippen LogP contribution in [0.2, 0.25) is 0 Å². The topological polar surface area (TPSA) is 95.1 Å². The van der Waals surface area contributed by atoms with Crippen molar-refractivity contribution in [2.45, 2.75) is 20.4 Å². The first-order valence-corrected chi connectivity index (χ1v) is 5.93. The zero-order chi connectivity index (χ0) is 14.0. The van der Waals surface area contributed by atoms with E-state index in [1.807, 2.05) is 25.1 Å². The molecule has 6 heteroatoms. The van der Waals surface area contributed by atoms with Crippen molar-refractivity contribution in [2.75, 3.05) is 0 Å². The van der Waals surface area contributed by atoms with Crippen LogP contribution in [-0.4, -0.2) is 27.0 Å². The van der Waals surface area contributed by atoms with E-state index in [1.165, 1.54) is 6.92 Å². The van der Waals surface area contributed by atoms with Crippen LogP contribution in [0, 0.1) is 12.8 Å². The highest BCUT2D eigenvalue weighted by molar-refractivity contribution is 5.96. The number of aromatic amines is 1. The summed E-state index contributed by atoms with van der Waals surface area (Å²) in [7, 11) is 0. The average molecular weight is 261 g/mol. The van der Waals surface area contributed by atoms with Crippen LogP contribution in [0.4, 0.5) is 0 Å². The van der Waals surface area contributed by atoms with E-state index in [9.17, 15) is 9.59 Å². The van der Waals surface area contributed by atoms with Gasteiger partial charge in [0.2, 0.25) is 5.91 Å². The van der Waals surface area contributed by atoms with Gasteiger partial charge in [-0.25, -0.2) is 4.98 Å². The van der Waals surface area contributed by atoms with E-state index < -0.39 is 17.8 Å². The van der Waals surface area contributed by atoms with Crippen molar-refractivity contribution in [3.63, 3.8) is 0 Å². The van der Waals surface area contributed by atoms with Crippen LogP contribution in [0.15, 0.2) is 18.2 Å². The van der Waals surface area contributed by atoms with Crippen LogP contribution in [0.5, 0.6) is 0 Å². The molecule has 2 rings (SSSR count). The van der Waals surface area contributed by atoms with E-state index >= 15 is 0 Å². The summed E-state index contributed by atoms with van der Waals surface area (Å²) in [5.41, 5.74) is 2.84. The lowest BCUT2D eigenvalue weighted by molar-refractivity contribution is -0.146. The fraction of sp³-hybridized carbons (Fsp3) is 0.308. The number of amides is 1. The van der Waals surface area contributed by atoms with E-state index in [-0.39, 0.29) is 6.54 Å². The van der Waals surface area contributed by atoms with Crippen molar-refractivity contribution < 1.29 is 14.7 Å². The highest BCUT2D eigenvalue weighted by Crippen LogP contribution is 2.13. The van der Waals surface area contributed by atoms with Crippen LogP contribution < -0.4 is 5.32 Å². The highest BCUT2D eigenvalue weighted by atomic mass is 16.4. The minimum Gasteiger partial charge on any atom is -0.481 e. The molecule has 1 heterocycles. The molecule has 1 atom stereocenters. The Kier molecular flexibility index (Phi) is 3.50. The number of nitrogens with zero attached hydrogens (tertiary/aromatic N) is 1. The van der Waals surface area contributed by atoms with Gasteiger partial charge in [-0.1, -0.05) is 6.07 Å². The lowest BCUT2D eigenvalue weighted by Crippen LogP contribution is -2.33. The minimum absolute atomic E-state index is 0.185. The van der Waals surface area contributed by atoms with Gasteiger partial charge in [-0.15, -0.1) is 0 Å². The molecular formula is C13H15N3O3. The number of carboxylic acid groups (broad SMARTS) is 1. The number of fused-ring (bicyclic) bond motifs is 1. The maximum Gasteiger partial charge on any atom is 0.315 e. The number of aromatic nitrogens is 2. The van der Waals surface area contributed by atoms with Crippen molar-refractivity contribution >= 4 is 22.9 Å². The van der Waals surface area contributed by atoms with Gasteiger partial charge >= 0.3 is 5.97 Å². The number of aryl methyl sites for hydroxylation is 1. The maximum atomic E-state index is 11.5. The summed E-state index contributed by atoms with van der Waals surface area (Å²) in [6.45, 7) is 3.51. The number of carbonyl (C=O) groups excluding carboxylic acids is 1. The van der Waals surface area contributed by atoms with Crippen molar-refractivity contribution in [1.29, 1.82) is 0 Å². The van der Waals surface area contributed by atoms with Crippen LogP contribution in [0.3, 0.4) is 0 Å². The Morgan fingerprint density at radius 2 is 2.21 bits per heavy atom. The predicted molar refractivity (Wildman–Crippen MR) is 69.5 cm³/mol. The van der Waals surface area contributed by atoms with E-state index in [0.29, 0.717) is 5.82 Å². The zero-order valence-corrected chi connectivity index (χ0v) is 10.7. The van der Waals surface area contributed by atoms with Crippen molar-refractivity contribution in [3.8, 4) is 0 Å². The van der Waals surface area contributed by atoms with Crippen LogP contribution in [0.1, 0.15) is 18.3 Å². The molecule has 3 N–H and O–H groups in total. The first-order valence-electron chi connectivity index (χ1n) is 5.93. The Hall–Kier alpha value is -2.37. The molecule has 0 fully saturated rings. The molecule has 0 aliphatic rings. The molecule has 100 valence electrons. The largest absolute Gasteiger partial charge is 0.481 e. The maximum absolute atomic E-state index is 11.5. The average Bonchev–Trinajstić information content (AvgIpc) is 2.76. The Bertz CT molecular complexity index is 633. The SMILES string of the molecule is Cc1ccc2nc(CNC(=O)C(C)C(=O)O)[nH]c2c1. The van der Waals surface area contributed by atoms with Gasteiger partial charge in [0.1, 0.15) is 11.7 Å². The van der Waals surface area contributed by atoms with Crippen LogP contribution in [0.25, 0.3) is 11.0 Å². The third kappa shape index (κ3) is 2.90. The Morgan fingerprint density at radius 1 is 1.47 bits per heavy atom. The van der Waals surface area contributed by atoms with Gasteiger partial charge in [-0.05, 0) is 31.5 Å². The summed E-state index contributed by atoms with van der Waals surface area (Å²) in [5.74, 6) is -2.12. The van der Waals surface area contributed by atoms with Crippen molar-refractivity contribution in [1.82, 2.24) is 15.3 Å². The number of aliphatic carboxylic acids is 1. The standard InChI is InChI=1S/C13H15N3O3/c1-7-3-4-9-10(5-7)16-11(15-9)6-14-12(17)8(2)13(18)19/h3-5,8H,6H2,1-2H3,(H,14,17)(H,15,16)(H,18,19). The number of imidazole rings is 1. The monoisotopic (exact) mass is 261 g/mol. The van der Waals surface area contributed by atoms with Gasteiger partial charge < -0.3 is 15.4 Å². The van der Waals surface area contributed by atoms with Gasteiger partial charge in [0.15, 0.2) is 0 Å². The van der Waals surface area contributed by atoms with E-state index in [0.717, 1.165) is 16.6 Å². The third-order valence-electron chi connectivity index (χ3n) is 2.88. The number of nitrogens with one attached hydrogen (secondary N) is 2. The molecule has 0 bridgehead atoms. The van der Waals surface area contributed by atoms with E-state index in [4.69, 9.17) is 5.11 Å². The third-order valence-corrected chi connectivity index (χ3v) is 2.88. The Balaban J connectivity index is 2.06. The molecule has 0 spiro atoms. The molecule has 0 saturated carbocycles. The summed E-state index contributed by atoms with van der Waals surface area (Å²) >= 11 is 0. The molecule has 0 aliphatic heterocycles. The number of carboxylic acids is 1. The summed E-state index contributed by atoms with van der Waals surface area (Å²) in [5, 5.41) is 11.3. The van der Waals surface area contributed by atoms with Gasteiger partial charge in [0, 0.05) is 0 Å². The number of rotatable bonds is 4. The molecule has 0 aliphatic carbocycles. The lowest BCUT2D eigenvalue weighted by Gasteiger charge is -2.06. The first kappa shape index (κ1) is 13.1. The predicted octanol–water partition coefficient (Wildman–Crippen LogP) is 1.21. The second kappa shape index (κ2) is 5.09. The molecule has 1 unspecified atom stereocenters. The van der Waals surface area contributed by atoms with Gasteiger partial charge in [-0.3, -0.25) is 9.59 Å². The van der Waals surface area contributed by atoms with E-state index in [1.54, 1.807) is 0 Å². The van der Waals surface area contributed by atoms with Gasteiger partial charge in [0.25, 0.3) is 0 Å². The molecule has 0 saturated heterocycles. The lowest BCUT2D eigenvalue weighted by atomic mass is 10.2.